The van der Waals surface area contributed by atoms with Gasteiger partial charge in [-0.05, 0) is 40.4 Å². The van der Waals surface area contributed by atoms with Gasteiger partial charge in [-0.2, -0.15) is 0 Å². The van der Waals surface area contributed by atoms with Gasteiger partial charge in [0.1, 0.15) is 6.26 Å². The number of rotatable bonds is 2. The van der Waals surface area contributed by atoms with Crippen LogP contribution in [0.3, 0.4) is 0 Å². The van der Waals surface area contributed by atoms with Crippen LogP contribution < -0.4 is 5.32 Å². The summed E-state index contributed by atoms with van der Waals surface area (Å²) in [5.41, 5.74) is 1.03. The van der Waals surface area contributed by atoms with Gasteiger partial charge in [-0.1, -0.05) is 5.16 Å². The monoisotopic (exact) mass is 336 g/mol. The SMILES string of the molecule is O=C(Nc1ccon1)N1CCCC1c1cncc(Br)c1. The van der Waals surface area contributed by atoms with E-state index < -0.39 is 0 Å². The van der Waals surface area contributed by atoms with Gasteiger partial charge in [0.25, 0.3) is 0 Å². The summed E-state index contributed by atoms with van der Waals surface area (Å²) >= 11 is 3.41. The number of nitrogens with zero attached hydrogens (tertiary/aromatic N) is 3. The van der Waals surface area contributed by atoms with Crippen molar-refractivity contribution in [2.75, 3.05) is 11.9 Å². The lowest BCUT2D eigenvalue weighted by Gasteiger charge is -2.24. The average Bonchev–Trinajstić information content (AvgIpc) is 3.09. The van der Waals surface area contributed by atoms with Crippen molar-refractivity contribution in [2.24, 2.45) is 0 Å². The number of nitrogens with one attached hydrogen (secondary N) is 1. The fraction of sp³-hybridized carbons (Fsp3) is 0.308. The molecule has 1 fully saturated rings. The van der Waals surface area contributed by atoms with Crippen LogP contribution in [0.25, 0.3) is 0 Å². The molecule has 3 rings (SSSR count). The third kappa shape index (κ3) is 2.67. The molecule has 6 nitrogen and oxygen atoms in total. The smallest absolute Gasteiger partial charge is 0.323 e. The maximum absolute atomic E-state index is 12.3. The molecule has 1 atom stereocenters. The first-order valence-electron chi connectivity index (χ1n) is 6.32. The maximum Gasteiger partial charge on any atom is 0.323 e. The van der Waals surface area contributed by atoms with Crippen LogP contribution in [0.1, 0.15) is 24.4 Å². The number of halogens is 1. The van der Waals surface area contributed by atoms with Gasteiger partial charge in [0.2, 0.25) is 0 Å². The molecule has 0 spiro atoms. The third-order valence-corrected chi connectivity index (χ3v) is 3.73. The van der Waals surface area contributed by atoms with Gasteiger partial charge < -0.3 is 9.42 Å². The van der Waals surface area contributed by atoms with Gasteiger partial charge >= 0.3 is 6.03 Å². The summed E-state index contributed by atoms with van der Waals surface area (Å²) in [6, 6.07) is 3.50. The Hall–Kier alpha value is -1.89. The van der Waals surface area contributed by atoms with Crippen molar-refractivity contribution in [1.82, 2.24) is 15.0 Å². The van der Waals surface area contributed by atoms with E-state index >= 15 is 0 Å². The molecular formula is C13H13BrN4O2. The van der Waals surface area contributed by atoms with E-state index in [0.29, 0.717) is 5.82 Å². The molecule has 0 aliphatic carbocycles. The Morgan fingerprint density at radius 2 is 2.40 bits per heavy atom. The predicted molar refractivity (Wildman–Crippen MR) is 76.1 cm³/mol. The van der Waals surface area contributed by atoms with E-state index in [1.807, 2.05) is 6.07 Å². The summed E-state index contributed by atoms with van der Waals surface area (Å²) in [6.45, 7) is 0.723. The van der Waals surface area contributed by atoms with Crippen molar-refractivity contribution in [2.45, 2.75) is 18.9 Å². The number of carbonyl (C=O) groups excluding carboxylic acids is 1. The second kappa shape index (κ2) is 5.62. The van der Waals surface area contributed by atoms with Crippen molar-refractivity contribution in [3.05, 3.63) is 40.8 Å². The van der Waals surface area contributed by atoms with Gasteiger partial charge in [0, 0.05) is 29.5 Å². The van der Waals surface area contributed by atoms with Gasteiger partial charge in [-0.25, -0.2) is 4.79 Å². The molecule has 0 bridgehead atoms. The van der Waals surface area contributed by atoms with Crippen molar-refractivity contribution in [3.8, 4) is 0 Å². The minimum absolute atomic E-state index is 0.0481. The van der Waals surface area contributed by atoms with E-state index in [1.54, 1.807) is 23.4 Å². The quantitative estimate of drug-likeness (QED) is 0.913. The van der Waals surface area contributed by atoms with Crippen LogP contribution in [0.4, 0.5) is 10.6 Å². The molecule has 0 aromatic carbocycles. The number of likely N-dealkylation sites (tertiary alicyclic amines) is 1. The normalized spacial score (nSPS) is 18.2. The van der Waals surface area contributed by atoms with Crippen LogP contribution in [0.2, 0.25) is 0 Å². The lowest BCUT2D eigenvalue weighted by atomic mass is 10.1. The molecule has 0 saturated carbocycles. The third-order valence-electron chi connectivity index (χ3n) is 3.30. The number of amides is 2. The molecule has 3 heterocycles. The highest BCUT2D eigenvalue weighted by molar-refractivity contribution is 9.10. The minimum Gasteiger partial charge on any atom is -0.363 e. The standard InChI is InChI=1S/C13H13BrN4O2/c14-10-6-9(7-15-8-10)11-2-1-4-18(11)13(19)16-12-3-5-20-17-12/h3,5-8,11H,1-2,4H2,(H,16,17,19). The predicted octanol–water partition coefficient (Wildman–Crippen LogP) is 3.20. The highest BCUT2D eigenvalue weighted by Gasteiger charge is 2.30. The summed E-state index contributed by atoms with van der Waals surface area (Å²) in [5, 5.41) is 6.41. The lowest BCUT2D eigenvalue weighted by Crippen LogP contribution is -2.34. The number of pyridine rings is 1. The van der Waals surface area contributed by atoms with E-state index in [2.05, 4.69) is 31.4 Å². The van der Waals surface area contributed by atoms with E-state index in [0.717, 1.165) is 29.4 Å². The Bertz CT molecular complexity index is 602. The summed E-state index contributed by atoms with van der Waals surface area (Å²) in [5.74, 6) is 0.424. The molecule has 1 aliphatic rings. The fourth-order valence-corrected chi connectivity index (χ4v) is 2.81. The number of urea groups is 1. The second-order valence-corrected chi connectivity index (χ2v) is 5.52. The molecule has 1 unspecified atom stereocenters. The maximum atomic E-state index is 12.3. The Kier molecular flexibility index (Phi) is 3.68. The van der Waals surface area contributed by atoms with Crippen LogP contribution in [-0.2, 0) is 0 Å². The van der Waals surface area contributed by atoms with E-state index in [-0.39, 0.29) is 12.1 Å². The molecule has 2 amide bonds. The van der Waals surface area contributed by atoms with E-state index in [1.165, 1.54) is 6.26 Å². The van der Waals surface area contributed by atoms with E-state index in [4.69, 9.17) is 4.52 Å². The van der Waals surface area contributed by atoms with Gasteiger partial charge in [0.05, 0.1) is 6.04 Å². The van der Waals surface area contributed by atoms with Crippen molar-refractivity contribution >= 4 is 27.8 Å². The van der Waals surface area contributed by atoms with Crippen molar-refractivity contribution < 1.29 is 9.32 Å². The molecule has 2 aromatic rings. The molecule has 20 heavy (non-hydrogen) atoms. The molecule has 0 radical (unpaired) electrons. The number of hydrogen-bond acceptors (Lipinski definition) is 4. The number of anilines is 1. The molecule has 7 heteroatoms. The highest BCUT2D eigenvalue weighted by Crippen LogP contribution is 2.32. The topological polar surface area (TPSA) is 71.3 Å². The molecule has 2 aromatic heterocycles. The molecular weight excluding hydrogens is 324 g/mol. The number of aromatic nitrogens is 2. The number of carbonyl (C=O) groups is 1. The van der Waals surface area contributed by atoms with Crippen molar-refractivity contribution in [3.63, 3.8) is 0 Å². The summed E-state index contributed by atoms with van der Waals surface area (Å²) in [6.07, 6.45) is 6.87. The largest absolute Gasteiger partial charge is 0.363 e. The first kappa shape index (κ1) is 13.1. The second-order valence-electron chi connectivity index (χ2n) is 4.60. The van der Waals surface area contributed by atoms with Gasteiger partial charge in [-0.3, -0.25) is 10.3 Å². The van der Waals surface area contributed by atoms with Gasteiger partial charge in [0.15, 0.2) is 5.82 Å². The first-order chi connectivity index (χ1) is 9.74. The Morgan fingerprint density at radius 3 is 3.15 bits per heavy atom. The van der Waals surface area contributed by atoms with Crippen molar-refractivity contribution in [1.29, 1.82) is 0 Å². The summed E-state index contributed by atoms with van der Waals surface area (Å²) < 4.78 is 5.62. The lowest BCUT2D eigenvalue weighted by molar-refractivity contribution is 0.206. The Labute approximate surface area is 124 Å². The summed E-state index contributed by atoms with van der Waals surface area (Å²) in [7, 11) is 0. The average molecular weight is 337 g/mol. The fourth-order valence-electron chi connectivity index (χ4n) is 2.43. The van der Waals surface area contributed by atoms with Crippen LogP contribution >= 0.6 is 15.9 Å². The molecule has 104 valence electrons. The Balaban J connectivity index is 1.77. The van der Waals surface area contributed by atoms with Crippen LogP contribution in [0.15, 0.2) is 39.8 Å². The van der Waals surface area contributed by atoms with Crippen LogP contribution in [0.5, 0.6) is 0 Å². The number of hydrogen-bond donors (Lipinski definition) is 1. The first-order valence-corrected chi connectivity index (χ1v) is 7.12. The summed E-state index contributed by atoms with van der Waals surface area (Å²) in [4.78, 5) is 18.3. The highest BCUT2D eigenvalue weighted by atomic mass is 79.9. The zero-order valence-electron chi connectivity index (χ0n) is 10.6. The zero-order chi connectivity index (χ0) is 13.9. The van der Waals surface area contributed by atoms with E-state index in [9.17, 15) is 4.79 Å². The van der Waals surface area contributed by atoms with Crippen LogP contribution in [-0.4, -0.2) is 27.6 Å². The minimum atomic E-state index is -0.165. The zero-order valence-corrected chi connectivity index (χ0v) is 12.2. The molecule has 1 aliphatic heterocycles. The Morgan fingerprint density at radius 1 is 1.50 bits per heavy atom. The molecule has 1 saturated heterocycles. The van der Waals surface area contributed by atoms with Crippen LogP contribution in [0, 0.1) is 0 Å². The molecule has 1 N–H and O–H groups in total. The van der Waals surface area contributed by atoms with Gasteiger partial charge in [-0.15, -0.1) is 0 Å².